The lowest BCUT2D eigenvalue weighted by molar-refractivity contribution is 0.0950. The molecule has 0 spiro atoms. The van der Waals surface area contributed by atoms with Crippen molar-refractivity contribution in [1.82, 2.24) is 20.2 Å². The summed E-state index contributed by atoms with van der Waals surface area (Å²) in [6.45, 7) is 3.81. The summed E-state index contributed by atoms with van der Waals surface area (Å²) in [5.74, 6) is 1.41. The molecule has 2 N–H and O–H groups in total. The summed E-state index contributed by atoms with van der Waals surface area (Å²) in [4.78, 5) is 23.7. The maximum absolute atomic E-state index is 12.3. The lowest BCUT2D eigenvalue weighted by atomic mass is 10.1. The highest BCUT2D eigenvalue weighted by atomic mass is 16.1. The van der Waals surface area contributed by atoms with Gasteiger partial charge in [0.2, 0.25) is 0 Å². The zero-order valence-electron chi connectivity index (χ0n) is 15.7. The predicted octanol–water partition coefficient (Wildman–Crippen LogP) is 2.71. The smallest absolute Gasteiger partial charge is 0.251 e. The molecule has 3 rings (SSSR count). The van der Waals surface area contributed by atoms with E-state index in [1.807, 2.05) is 44.3 Å². The van der Waals surface area contributed by atoms with E-state index in [0.29, 0.717) is 24.0 Å². The summed E-state index contributed by atoms with van der Waals surface area (Å²) in [5, 5.41) is 6.06. The Hall–Kier alpha value is -2.47. The van der Waals surface area contributed by atoms with Crippen LogP contribution in [-0.4, -0.2) is 54.0 Å². The van der Waals surface area contributed by atoms with E-state index in [4.69, 9.17) is 0 Å². The first-order chi connectivity index (χ1) is 12.6. The van der Waals surface area contributed by atoms with E-state index in [1.54, 1.807) is 0 Å². The van der Waals surface area contributed by atoms with Crippen molar-refractivity contribution in [2.24, 2.45) is 0 Å². The van der Waals surface area contributed by atoms with Crippen LogP contribution in [0.2, 0.25) is 0 Å². The van der Waals surface area contributed by atoms with E-state index >= 15 is 0 Å². The van der Waals surface area contributed by atoms with E-state index in [9.17, 15) is 4.79 Å². The second-order valence-corrected chi connectivity index (χ2v) is 6.87. The first-order valence-corrected chi connectivity index (χ1v) is 9.19. The third-order valence-electron chi connectivity index (χ3n) is 4.95. The molecule has 2 heterocycles. The third kappa shape index (κ3) is 4.38. The number of carbonyl (C=O) groups is 1. The lowest BCUT2D eigenvalue weighted by Gasteiger charge is -2.19. The van der Waals surface area contributed by atoms with Gasteiger partial charge in [-0.15, -0.1) is 0 Å². The van der Waals surface area contributed by atoms with Gasteiger partial charge in [-0.25, -0.2) is 9.97 Å². The number of anilines is 1. The van der Waals surface area contributed by atoms with Crippen LogP contribution in [0.5, 0.6) is 0 Å². The summed E-state index contributed by atoms with van der Waals surface area (Å²) in [5.41, 5.74) is 2.46. The number of amides is 1. The Balaban J connectivity index is 1.60. The summed E-state index contributed by atoms with van der Waals surface area (Å²) >= 11 is 0. The molecule has 0 unspecified atom stereocenters. The number of likely N-dealkylation sites (tertiary alicyclic amines) is 1. The second-order valence-electron chi connectivity index (χ2n) is 6.87. The van der Waals surface area contributed by atoms with Crippen LogP contribution >= 0.6 is 0 Å². The van der Waals surface area contributed by atoms with Crippen molar-refractivity contribution in [1.29, 1.82) is 0 Å². The number of benzene rings is 1. The molecule has 1 aromatic heterocycles. The average Bonchev–Trinajstić information content (AvgIpc) is 3.06. The van der Waals surface area contributed by atoms with Crippen LogP contribution in [0.4, 0.5) is 5.82 Å². The van der Waals surface area contributed by atoms with Crippen molar-refractivity contribution >= 4 is 11.7 Å². The molecule has 1 fully saturated rings. The molecule has 6 heteroatoms. The second kappa shape index (κ2) is 8.27. The molecule has 0 aliphatic carbocycles. The molecule has 0 radical (unpaired) electrons. The third-order valence-corrected chi connectivity index (χ3v) is 4.95. The van der Waals surface area contributed by atoms with Crippen LogP contribution in [0.3, 0.4) is 0 Å². The number of hydrogen-bond donors (Lipinski definition) is 2. The molecule has 138 valence electrons. The molecule has 0 bridgehead atoms. The highest BCUT2D eigenvalue weighted by Crippen LogP contribution is 2.19. The van der Waals surface area contributed by atoms with Crippen molar-refractivity contribution in [3.8, 4) is 11.4 Å². The molecule has 1 aliphatic heterocycles. The Kier molecular flexibility index (Phi) is 5.83. The normalized spacial score (nSPS) is 17.3. The summed E-state index contributed by atoms with van der Waals surface area (Å²) < 4.78 is 0. The molecule has 1 saturated heterocycles. The standard InChI is InChI=1S/C20H27N5O/c1-14-13-18(21-2)24-19(23-14)15-6-8-16(9-7-15)20(26)22-11-10-17-5-4-12-25(17)3/h6-9,13,17H,4-5,10-12H2,1-3H3,(H,22,26)(H,21,23,24)/t17-/m0/s1. The van der Waals surface area contributed by atoms with Gasteiger partial charge in [-0.05, 0) is 51.9 Å². The van der Waals surface area contributed by atoms with Gasteiger partial charge in [0, 0.05) is 42.5 Å². The van der Waals surface area contributed by atoms with Crippen molar-refractivity contribution in [2.75, 3.05) is 32.5 Å². The Morgan fingerprint density at radius 1 is 1.27 bits per heavy atom. The van der Waals surface area contributed by atoms with E-state index in [-0.39, 0.29) is 5.91 Å². The van der Waals surface area contributed by atoms with Gasteiger partial charge in [-0.2, -0.15) is 0 Å². The fraction of sp³-hybridized carbons (Fsp3) is 0.450. The minimum atomic E-state index is -0.0294. The van der Waals surface area contributed by atoms with Crippen LogP contribution in [0.25, 0.3) is 11.4 Å². The molecular weight excluding hydrogens is 326 g/mol. The first kappa shape index (κ1) is 18.3. The maximum atomic E-state index is 12.3. The number of aromatic nitrogens is 2. The zero-order valence-corrected chi connectivity index (χ0v) is 15.7. The van der Waals surface area contributed by atoms with Gasteiger partial charge >= 0.3 is 0 Å². The van der Waals surface area contributed by atoms with Crippen LogP contribution in [-0.2, 0) is 0 Å². The summed E-state index contributed by atoms with van der Waals surface area (Å²) in [6.07, 6.45) is 3.49. The van der Waals surface area contributed by atoms with E-state index in [1.165, 1.54) is 12.8 Å². The van der Waals surface area contributed by atoms with E-state index in [2.05, 4.69) is 32.5 Å². The van der Waals surface area contributed by atoms with Gasteiger partial charge in [-0.1, -0.05) is 12.1 Å². The molecule has 1 aliphatic rings. The van der Waals surface area contributed by atoms with Crippen molar-refractivity contribution < 1.29 is 4.79 Å². The first-order valence-electron chi connectivity index (χ1n) is 9.19. The molecule has 0 saturated carbocycles. The van der Waals surface area contributed by atoms with Gasteiger partial charge in [-0.3, -0.25) is 4.79 Å². The van der Waals surface area contributed by atoms with Gasteiger partial charge in [0.15, 0.2) is 5.82 Å². The van der Waals surface area contributed by atoms with Crippen LogP contribution < -0.4 is 10.6 Å². The van der Waals surface area contributed by atoms with Crippen molar-refractivity contribution in [2.45, 2.75) is 32.2 Å². The average molecular weight is 353 g/mol. The fourth-order valence-corrected chi connectivity index (χ4v) is 3.39. The molecule has 1 amide bonds. The summed E-state index contributed by atoms with van der Waals surface area (Å²) in [6, 6.07) is 9.95. The highest BCUT2D eigenvalue weighted by Gasteiger charge is 2.20. The molecule has 2 aromatic rings. The molecular formula is C20H27N5O. The number of hydrogen-bond acceptors (Lipinski definition) is 5. The van der Waals surface area contributed by atoms with Crippen LogP contribution in [0.15, 0.2) is 30.3 Å². The van der Waals surface area contributed by atoms with Crippen LogP contribution in [0, 0.1) is 6.92 Å². The molecule has 1 aromatic carbocycles. The Labute approximate surface area is 155 Å². The van der Waals surface area contributed by atoms with Gasteiger partial charge < -0.3 is 15.5 Å². The van der Waals surface area contributed by atoms with Crippen molar-refractivity contribution in [3.05, 3.63) is 41.6 Å². The Bertz CT molecular complexity index is 759. The SMILES string of the molecule is CNc1cc(C)nc(-c2ccc(C(=O)NCC[C@@H]3CCCN3C)cc2)n1. The number of aryl methyl sites for hydroxylation is 1. The number of nitrogens with one attached hydrogen (secondary N) is 2. The number of nitrogens with zero attached hydrogens (tertiary/aromatic N) is 3. The van der Waals surface area contributed by atoms with E-state index in [0.717, 1.165) is 30.0 Å². The van der Waals surface area contributed by atoms with Gasteiger partial charge in [0.05, 0.1) is 0 Å². The topological polar surface area (TPSA) is 70.2 Å². The van der Waals surface area contributed by atoms with Gasteiger partial charge in [0.25, 0.3) is 5.91 Å². The maximum Gasteiger partial charge on any atom is 0.251 e. The highest BCUT2D eigenvalue weighted by molar-refractivity contribution is 5.94. The Morgan fingerprint density at radius 2 is 2.04 bits per heavy atom. The Morgan fingerprint density at radius 3 is 2.69 bits per heavy atom. The largest absolute Gasteiger partial charge is 0.373 e. The minimum Gasteiger partial charge on any atom is -0.373 e. The molecule has 26 heavy (non-hydrogen) atoms. The van der Waals surface area contributed by atoms with Crippen LogP contribution in [0.1, 0.15) is 35.3 Å². The lowest BCUT2D eigenvalue weighted by Crippen LogP contribution is -2.31. The summed E-state index contributed by atoms with van der Waals surface area (Å²) in [7, 11) is 3.99. The minimum absolute atomic E-state index is 0.0294. The quantitative estimate of drug-likeness (QED) is 0.836. The van der Waals surface area contributed by atoms with E-state index < -0.39 is 0 Å². The zero-order chi connectivity index (χ0) is 18.5. The molecule has 6 nitrogen and oxygen atoms in total. The monoisotopic (exact) mass is 353 g/mol. The van der Waals surface area contributed by atoms with Crippen molar-refractivity contribution in [3.63, 3.8) is 0 Å². The molecule has 1 atom stereocenters. The fourth-order valence-electron chi connectivity index (χ4n) is 3.39. The number of carbonyl (C=O) groups excluding carboxylic acids is 1. The van der Waals surface area contributed by atoms with Gasteiger partial charge in [0.1, 0.15) is 5.82 Å². The predicted molar refractivity (Wildman–Crippen MR) is 104 cm³/mol. The number of rotatable bonds is 6.